The number of alkyl halides is 3. The summed E-state index contributed by atoms with van der Waals surface area (Å²) >= 11 is 0. The molecule has 0 atom stereocenters. The molecule has 1 aliphatic rings. The van der Waals surface area contributed by atoms with Gasteiger partial charge in [0.25, 0.3) is 0 Å². The molecule has 0 radical (unpaired) electrons. The van der Waals surface area contributed by atoms with E-state index in [9.17, 15) is 21.6 Å². The lowest BCUT2D eigenvalue weighted by atomic mass is 10.2. The number of sulfonamides is 1. The first kappa shape index (κ1) is 14.2. The second kappa shape index (κ2) is 4.14. The van der Waals surface area contributed by atoms with Crippen molar-refractivity contribution in [3.05, 3.63) is 24.4 Å². The Hall–Kier alpha value is -1.74. The number of benzene rings is 1. The van der Waals surface area contributed by atoms with Gasteiger partial charge in [-0.1, -0.05) is 0 Å². The summed E-state index contributed by atoms with van der Waals surface area (Å²) in [4.78, 5) is 2.48. The maximum Gasteiger partial charge on any atom is 0.407 e. The number of nitrogen functional groups attached to an aromatic ring is 1. The highest BCUT2D eigenvalue weighted by Crippen LogP contribution is 2.49. The van der Waals surface area contributed by atoms with Gasteiger partial charge in [0.1, 0.15) is 10.4 Å². The number of hydrogen-bond acceptors (Lipinski definition) is 3. The second-order valence-electron chi connectivity index (χ2n) is 5.14. The first-order chi connectivity index (χ1) is 9.65. The van der Waals surface area contributed by atoms with E-state index >= 15 is 0 Å². The van der Waals surface area contributed by atoms with Gasteiger partial charge in [0, 0.05) is 22.8 Å². The van der Waals surface area contributed by atoms with Crippen LogP contribution < -0.4 is 10.5 Å². The molecule has 0 unspecified atom stereocenters. The Labute approximate surface area is 118 Å². The third-order valence-corrected chi connectivity index (χ3v) is 5.16. The van der Waals surface area contributed by atoms with Crippen molar-refractivity contribution in [2.45, 2.75) is 29.5 Å². The van der Waals surface area contributed by atoms with E-state index in [1.54, 1.807) is 4.72 Å². The number of nitrogens with one attached hydrogen (secondary N) is 2. The van der Waals surface area contributed by atoms with Crippen LogP contribution in [-0.2, 0) is 10.0 Å². The van der Waals surface area contributed by atoms with Crippen LogP contribution in [0.4, 0.5) is 18.9 Å². The molecule has 0 amide bonds. The van der Waals surface area contributed by atoms with E-state index in [0.29, 0.717) is 16.6 Å². The Kier molecular flexibility index (Phi) is 2.80. The fourth-order valence-corrected chi connectivity index (χ4v) is 3.85. The number of aromatic nitrogens is 1. The Morgan fingerprint density at radius 3 is 2.52 bits per heavy atom. The van der Waals surface area contributed by atoms with Gasteiger partial charge in [-0.3, -0.25) is 0 Å². The molecule has 0 saturated heterocycles. The Balaban J connectivity index is 2.02. The molecule has 1 heterocycles. The highest BCUT2D eigenvalue weighted by molar-refractivity contribution is 7.89. The van der Waals surface area contributed by atoms with E-state index in [2.05, 4.69) is 4.98 Å². The molecule has 1 aromatic heterocycles. The molecule has 9 heteroatoms. The summed E-state index contributed by atoms with van der Waals surface area (Å²) in [5.74, 6) is 0. The summed E-state index contributed by atoms with van der Waals surface area (Å²) in [7, 11) is -4.28. The third kappa shape index (κ3) is 2.26. The molecule has 0 aliphatic heterocycles. The van der Waals surface area contributed by atoms with Crippen molar-refractivity contribution >= 4 is 26.6 Å². The van der Waals surface area contributed by atoms with Gasteiger partial charge in [0.2, 0.25) is 10.0 Å². The molecule has 21 heavy (non-hydrogen) atoms. The molecule has 3 rings (SSSR count). The van der Waals surface area contributed by atoms with Crippen LogP contribution in [0, 0.1) is 0 Å². The highest BCUT2D eigenvalue weighted by Gasteiger charge is 2.65. The minimum absolute atomic E-state index is 0.215. The van der Waals surface area contributed by atoms with E-state index in [4.69, 9.17) is 5.73 Å². The quantitative estimate of drug-likeness (QED) is 0.757. The maximum absolute atomic E-state index is 12.9. The van der Waals surface area contributed by atoms with Gasteiger partial charge in [-0.25, -0.2) is 8.42 Å². The molecule has 114 valence electrons. The Morgan fingerprint density at radius 2 is 1.95 bits per heavy atom. The number of rotatable bonds is 3. The van der Waals surface area contributed by atoms with Crippen LogP contribution in [0.15, 0.2) is 29.3 Å². The molecule has 4 N–H and O–H groups in total. The van der Waals surface area contributed by atoms with E-state index in [-0.39, 0.29) is 17.7 Å². The fourth-order valence-electron chi connectivity index (χ4n) is 2.22. The lowest BCUT2D eigenvalue weighted by molar-refractivity contribution is -0.160. The normalized spacial score (nSPS) is 18.0. The van der Waals surface area contributed by atoms with E-state index in [0.717, 1.165) is 0 Å². The number of fused-ring (bicyclic) bond motifs is 1. The average molecular weight is 319 g/mol. The number of halogens is 3. The average Bonchev–Trinajstić information content (AvgIpc) is 3.00. The van der Waals surface area contributed by atoms with Gasteiger partial charge >= 0.3 is 6.18 Å². The number of H-pyrrole nitrogens is 1. The minimum atomic E-state index is -4.60. The van der Waals surface area contributed by atoms with Crippen molar-refractivity contribution < 1.29 is 21.6 Å². The van der Waals surface area contributed by atoms with Crippen molar-refractivity contribution in [2.24, 2.45) is 0 Å². The number of anilines is 1. The summed E-state index contributed by atoms with van der Waals surface area (Å²) in [5, 5.41) is 0.301. The van der Waals surface area contributed by atoms with Crippen LogP contribution in [0.2, 0.25) is 0 Å². The van der Waals surface area contributed by atoms with E-state index in [1.807, 2.05) is 0 Å². The summed E-state index contributed by atoms with van der Waals surface area (Å²) in [6, 6.07) is 4.47. The molecule has 1 aliphatic carbocycles. The molecule has 0 bridgehead atoms. The molecule has 0 spiro atoms. The zero-order valence-corrected chi connectivity index (χ0v) is 11.5. The van der Waals surface area contributed by atoms with Crippen LogP contribution in [0.3, 0.4) is 0 Å². The molecular weight excluding hydrogens is 307 g/mol. The van der Waals surface area contributed by atoms with Crippen LogP contribution in [0.25, 0.3) is 10.9 Å². The van der Waals surface area contributed by atoms with Gasteiger partial charge in [-0.2, -0.15) is 17.9 Å². The summed E-state index contributed by atoms with van der Waals surface area (Å²) < 4.78 is 64.9. The standard InChI is InChI=1S/C12H12F3N3O2S/c13-12(14,15)11(3-4-11)18-21(19,20)10-6-17-9-5-7(16)1-2-8(9)10/h1-2,5-6,17-18H,3-4,16H2. The zero-order chi connectivity index (χ0) is 15.5. The van der Waals surface area contributed by atoms with Gasteiger partial charge in [0.05, 0.1) is 0 Å². The largest absolute Gasteiger partial charge is 0.407 e. The van der Waals surface area contributed by atoms with Crippen molar-refractivity contribution in [2.75, 3.05) is 5.73 Å². The van der Waals surface area contributed by atoms with Gasteiger partial charge < -0.3 is 10.7 Å². The molecule has 1 aromatic carbocycles. The fraction of sp³-hybridized carbons (Fsp3) is 0.333. The van der Waals surface area contributed by atoms with Crippen molar-refractivity contribution in [3.63, 3.8) is 0 Å². The topological polar surface area (TPSA) is 88.0 Å². The van der Waals surface area contributed by atoms with Crippen LogP contribution in [0.1, 0.15) is 12.8 Å². The highest BCUT2D eigenvalue weighted by atomic mass is 32.2. The van der Waals surface area contributed by atoms with Crippen molar-refractivity contribution in [1.29, 1.82) is 0 Å². The van der Waals surface area contributed by atoms with Gasteiger partial charge in [-0.05, 0) is 31.0 Å². The van der Waals surface area contributed by atoms with Crippen LogP contribution >= 0.6 is 0 Å². The van der Waals surface area contributed by atoms with Crippen LogP contribution in [0.5, 0.6) is 0 Å². The predicted molar refractivity (Wildman–Crippen MR) is 71.1 cm³/mol. The van der Waals surface area contributed by atoms with Crippen LogP contribution in [-0.4, -0.2) is 25.1 Å². The summed E-state index contributed by atoms with van der Waals surface area (Å²) in [6.45, 7) is 0. The molecule has 5 nitrogen and oxygen atoms in total. The lowest BCUT2D eigenvalue weighted by Gasteiger charge is -2.20. The second-order valence-corrected chi connectivity index (χ2v) is 6.79. The third-order valence-electron chi connectivity index (χ3n) is 3.58. The van der Waals surface area contributed by atoms with Crippen molar-refractivity contribution in [3.8, 4) is 0 Å². The van der Waals surface area contributed by atoms with E-state index in [1.165, 1.54) is 24.4 Å². The number of nitrogens with two attached hydrogens (primary N) is 1. The summed E-state index contributed by atoms with van der Waals surface area (Å²) in [5.41, 5.74) is 4.12. The first-order valence-electron chi connectivity index (χ1n) is 6.12. The maximum atomic E-state index is 12.9. The minimum Gasteiger partial charge on any atom is -0.399 e. The van der Waals surface area contributed by atoms with Gasteiger partial charge in [0.15, 0.2) is 0 Å². The first-order valence-corrected chi connectivity index (χ1v) is 7.60. The molecule has 2 aromatic rings. The smallest absolute Gasteiger partial charge is 0.399 e. The zero-order valence-electron chi connectivity index (χ0n) is 10.7. The number of hydrogen-bond donors (Lipinski definition) is 3. The predicted octanol–water partition coefficient (Wildman–Crippen LogP) is 2.12. The molecular formula is C12H12F3N3O2S. The SMILES string of the molecule is Nc1ccc2c(S(=O)(=O)NC3(C(F)(F)F)CC3)c[nH]c2c1. The van der Waals surface area contributed by atoms with Crippen molar-refractivity contribution in [1.82, 2.24) is 9.71 Å². The lowest BCUT2D eigenvalue weighted by Crippen LogP contribution is -2.47. The molecule has 1 saturated carbocycles. The Bertz CT molecular complexity index is 807. The summed E-state index contributed by atoms with van der Waals surface area (Å²) in [6.07, 6.45) is -3.93. The van der Waals surface area contributed by atoms with E-state index < -0.39 is 21.7 Å². The monoisotopic (exact) mass is 319 g/mol. The molecule has 1 fully saturated rings. The van der Waals surface area contributed by atoms with Gasteiger partial charge in [-0.15, -0.1) is 0 Å². The number of aromatic amines is 1. The Morgan fingerprint density at radius 1 is 1.29 bits per heavy atom.